The molecular formula is C14H17N3O2S. The van der Waals surface area contributed by atoms with Crippen molar-refractivity contribution in [3.8, 4) is 22.8 Å². The highest BCUT2D eigenvalue weighted by Crippen LogP contribution is 2.38. The highest BCUT2D eigenvalue weighted by atomic mass is 32.2. The molecule has 0 fully saturated rings. The predicted octanol–water partition coefficient (Wildman–Crippen LogP) is 2.85. The standard InChI is InChI=1S/C14H17N3O2S/c1-4-20-12-8-9(16-14(15)17-12)13-10(18-2)6-5-7-11(13)19-3/h5-8H,4H2,1-3H3,(H2,15,16,17). The second kappa shape index (κ2) is 6.47. The molecule has 1 heterocycles. The first-order valence-corrected chi connectivity index (χ1v) is 7.16. The van der Waals surface area contributed by atoms with E-state index in [1.807, 2.05) is 24.3 Å². The first-order valence-electron chi connectivity index (χ1n) is 6.18. The summed E-state index contributed by atoms with van der Waals surface area (Å²) >= 11 is 1.61. The summed E-state index contributed by atoms with van der Waals surface area (Å²) in [7, 11) is 3.23. The van der Waals surface area contributed by atoms with Crippen LogP contribution in [-0.2, 0) is 0 Å². The van der Waals surface area contributed by atoms with Crippen LogP contribution in [0.3, 0.4) is 0 Å². The van der Waals surface area contributed by atoms with Gasteiger partial charge in [-0.1, -0.05) is 13.0 Å². The molecule has 5 nitrogen and oxygen atoms in total. The Bertz CT molecular complexity index is 583. The van der Waals surface area contributed by atoms with Crippen molar-refractivity contribution in [3.63, 3.8) is 0 Å². The molecule has 1 aromatic carbocycles. The number of thioether (sulfide) groups is 1. The number of methoxy groups -OCH3 is 2. The van der Waals surface area contributed by atoms with Gasteiger partial charge in [-0.05, 0) is 24.0 Å². The van der Waals surface area contributed by atoms with Crippen molar-refractivity contribution in [2.45, 2.75) is 11.9 Å². The molecular weight excluding hydrogens is 274 g/mol. The molecule has 6 heteroatoms. The van der Waals surface area contributed by atoms with Gasteiger partial charge in [0.05, 0.1) is 25.5 Å². The molecule has 20 heavy (non-hydrogen) atoms. The SMILES string of the molecule is CCSc1cc(-c2c(OC)cccc2OC)nc(N)n1. The predicted molar refractivity (Wildman–Crippen MR) is 81.4 cm³/mol. The highest BCUT2D eigenvalue weighted by Gasteiger charge is 2.15. The number of aromatic nitrogens is 2. The second-order valence-corrected chi connectivity index (χ2v) is 5.20. The summed E-state index contributed by atoms with van der Waals surface area (Å²) in [5.74, 6) is 2.54. The molecule has 0 spiro atoms. The average molecular weight is 291 g/mol. The van der Waals surface area contributed by atoms with Gasteiger partial charge in [-0.3, -0.25) is 0 Å². The van der Waals surface area contributed by atoms with E-state index in [4.69, 9.17) is 15.2 Å². The maximum atomic E-state index is 5.79. The number of ether oxygens (including phenoxy) is 2. The summed E-state index contributed by atoms with van der Waals surface area (Å²) in [5.41, 5.74) is 7.27. The lowest BCUT2D eigenvalue weighted by molar-refractivity contribution is 0.397. The molecule has 0 bridgehead atoms. The number of nitrogens with zero attached hydrogens (tertiary/aromatic N) is 2. The van der Waals surface area contributed by atoms with Crippen molar-refractivity contribution < 1.29 is 9.47 Å². The van der Waals surface area contributed by atoms with E-state index >= 15 is 0 Å². The fourth-order valence-electron chi connectivity index (χ4n) is 1.90. The van der Waals surface area contributed by atoms with Crippen molar-refractivity contribution in [3.05, 3.63) is 24.3 Å². The van der Waals surface area contributed by atoms with Gasteiger partial charge in [0, 0.05) is 0 Å². The van der Waals surface area contributed by atoms with E-state index in [1.165, 1.54) is 0 Å². The molecule has 0 amide bonds. The van der Waals surface area contributed by atoms with Crippen molar-refractivity contribution in [1.82, 2.24) is 9.97 Å². The topological polar surface area (TPSA) is 70.3 Å². The van der Waals surface area contributed by atoms with Crippen LogP contribution in [0.1, 0.15) is 6.92 Å². The molecule has 0 atom stereocenters. The number of benzene rings is 1. The van der Waals surface area contributed by atoms with Crippen LogP contribution in [0, 0.1) is 0 Å². The molecule has 0 aliphatic rings. The first-order chi connectivity index (χ1) is 9.69. The van der Waals surface area contributed by atoms with Crippen LogP contribution in [0.25, 0.3) is 11.3 Å². The lowest BCUT2D eigenvalue weighted by Crippen LogP contribution is -2.00. The summed E-state index contributed by atoms with van der Waals surface area (Å²) in [5, 5.41) is 0.836. The van der Waals surface area contributed by atoms with E-state index in [2.05, 4.69) is 16.9 Å². The number of anilines is 1. The molecule has 0 unspecified atom stereocenters. The van der Waals surface area contributed by atoms with Crippen molar-refractivity contribution in [2.75, 3.05) is 25.7 Å². The Hall–Kier alpha value is -1.95. The Kier molecular flexibility index (Phi) is 4.68. The molecule has 0 aliphatic carbocycles. The third-order valence-corrected chi connectivity index (χ3v) is 3.49. The van der Waals surface area contributed by atoms with E-state index in [0.29, 0.717) is 17.2 Å². The Morgan fingerprint density at radius 1 is 1.15 bits per heavy atom. The van der Waals surface area contributed by atoms with E-state index in [-0.39, 0.29) is 5.95 Å². The van der Waals surface area contributed by atoms with E-state index in [0.717, 1.165) is 16.3 Å². The lowest BCUT2D eigenvalue weighted by Gasteiger charge is -2.13. The number of hydrogen-bond acceptors (Lipinski definition) is 6. The highest BCUT2D eigenvalue weighted by molar-refractivity contribution is 7.99. The Balaban J connectivity index is 2.60. The monoisotopic (exact) mass is 291 g/mol. The van der Waals surface area contributed by atoms with E-state index in [9.17, 15) is 0 Å². The molecule has 0 radical (unpaired) electrons. The number of nitrogens with two attached hydrogens (primary N) is 1. The zero-order chi connectivity index (χ0) is 14.5. The van der Waals surface area contributed by atoms with Gasteiger partial charge in [-0.25, -0.2) is 9.97 Å². The second-order valence-electron chi connectivity index (χ2n) is 3.92. The van der Waals surface area contributed by atoms with Crippen LogP contribution in [0.15, 0.2) is 29.3 Å². The summed E-state index contributed by atoms with van der Waals surface area (Å²) < 4.78 is 10.8. The Labute approximate surface area is 122 Å². The molecule has 0 saturated carbocycles. The van der Waals surface area contributed by atoms with Crippen LogP contribution < -0.4 is 15.2 Å². The molecule has 0 aliphatic heterocycles. The zero-order valence-electron chi connectivity index (χ0n) is 11.7. The van der Waals surface area contributed by atoms with Crippen LogP contribution in [0.2, 0.25) is 0 Å². The maximum Gasteiger partial charge on any atom is 0.221 e. The summed E-state index contributed by atoms with van der Waals surface area (Å²) in [4.78, 5) is 8.50. The quantitative estimate of drug-likeness (QED) is 0.674. The molecule has 2 rings (SSSR count). The number of rotatable bonds is 5. The Morgan fingerprint density at radius 2 is 1.80 bits per heavy atom. The van der Waals surface area contributed by atoms with Gasteiger partial charge in [0.2, 0.25) is 5.95 Å². The molecule has 2 N–H and O–H groups in total. The van der Waals surface area contributed by atoms with Crippen molar-refractivity contribution >= 4 is 17.7 Å². The third kappa shape index (κ3) is 2.96. The van der Waals surface area contributed by atoms with Gasteiger partial charge >= 0.3 is 0 Å². The first kappa shape index (κ1) is 14.5. The van der Waals surface area contributed by atoms with E-state index in [1.54, 1.807) is 26.0 Å². The minimum Gasteiger partial charge on any atom is -0.496 e. The van der Waals surface area contributed by atoms with Crippen LogP contribution in [-0.4, -0.2) is 29.9 Å². The fraction of sp³-hybridized carbons (Fsp3) is 0.286. The third-order valence-electron chi connectivity index (χ3n) is 2.70. The summed E-state index contributed by atoms with van der Waals surface area (Å²) in [6.45, 7) is 2.06. The normalized spacial score (nSPS) is 10.3. The van der Waals surface area contributed by atoms with Crippen molar-refractivity contribution in [2.24, 2.45) is 0 Å². The van der Waals surface area contributed by atoms with Crippen LogP contribution in [0.5, 0.6) is 11.5 Å². The van der Waals surface area contributed by atoms with Gasteiger partial charge in [0.15, 0.2) is 0 Å². The largest absolute Gasteiger partial charge is 0.496 e. The van der Waals surface area contributed by atoms with Crippen LogP contribution in [0.4, 0.5) is 5.95 Å². The molecule has 0 saturated heterocycles. The smallest absolute Gasteiger partial charge is 0.221 e. The average Bonchev–Trinajstić information content (AvgIpc) is 2.46. The summed E-state index contributed by atoms with van der Waals surface area (Å²) in [6.07, 6.45) is 0. The minimum absolute atomic E-state index is 0.242. The van der Waals surface area contributed by atoms with Crippen molar-refractivity contribution in [1.29, 1.82) is 0 Å². The van der Waals surface area contributed by atoms with Gasteiger partial charge < -0.3 is 15.2 Å². The van der Waals surface area contributed by atoms with Gasteiger partial charge in [0.1, 0.15) is 16.5 Å². The maximum absolute atomic E-state index is 5.79. The number of nitrogen functional groups attached to an aromatic ring is 1. The van der Waals surface area contributed by atoms with Gasteiger partial charge in [0.25, 0.3) is 0 Å². The molecule has 2 aromatic rings. The van der Waals surface area contributed by atoms with Gasteiger partial charge in [-0.15, -0.1) is 11.8 Å². The lowest BCUT2D eigenvalue weighted by atomic mass is 10.1. The van der Waals surface area contributed by atoms with E-state index < -0.39 is 0 Å². The van der Waals surface area contributed by atoms with Gasteiger partial charge in [-0.2, -0.15) is 0 Å². The number of hydrogen-bond donors (Lipinski definition) is 1. The molecule has 106 valence electrons. The minimum atomic E-state index is 0.242. The molecule has 1 aromatic heterocycles. The summed E-state index contributed by atoms with van der Waals surface area (Å²) in [6, 6.07) is 7.49. The fourth-order valence-corrected chi connectivity index (χ4v) is 2.55. The van der Waals surface area contributed by atoms with Crippen LogP contribution >= 0.6 is 11.8 Å². The zero-order valence-corrected chi connectivity index (χ0v) is 12.5. The Morgan fingerprint density at radius 3 is 2.35 bits per heavy atom.